The van der Waals surface area contributed by atoms with Gasteiger partial charge in [0.15, 0.2) is 0 Å². The summed E-state index contributed by atoms with van der Waals surface area (Å²) in [7, 11) is 0. The minimum Gasteiger partial charge on any atom is -0.444 e. The molecule has 1 fully saturated rings. The number of hydrogen-bond acceptors (Lipinski definition) is 3. The summed E-state index contributed by atoms with van der Waals surface area (Å²) in [6, 6.07) is 0. The molecule has 4 heteroatoms. The molecule has 1 saturated heterocycles. The number of amides is 1. The van der Waals surface area contributed by atoms with E-state index in [-0.39, 0.29) is 12.0 Å². The van der Waals surface area contributed by atoms with E-state index in [4.69, 9.17) is 4.74 Å². The van der Waals surface area contributed by atoms with Crippen LogP contribution in [0.15, 0.2) is 0 Å². The van der Waals surface area contributed by atoms with Crippen LogP contribution in [0.1, 0.15) is 34.1 Å². The van der Waals surface area contributed by atoms with E-state index >= 15 is 0 Å². The first-order chi connectivity index (χ1) is 6.83. The topological polar surface area (TPSA) is 49.8 Å². The Balaban J connectivity index is 2.50. The van der Waals surface area contributed by atoms with Gasteiger partial charge in [0.1, 0.15) is 5.60 Å². The van der Waals surface area contributed by atoms with Crippen LogP contribution in [0, 0.1) is 5.92 Å². The number of carbonyl (C=O) groups is 1. The number of aliphatic hydroxyl groups excluding tert-OH is 1. The molecule has 0 aliphatic carbocycles. The van der Waals surface area contributed by atoms with E-state index in [0.29, 0.717) is 13.1 Å². The monoisotopic (exact) mass is 215 g/mol. The Bertz CT molecular complexity index is 234. The van der Waals surface area contributed by atoms with Crippen LogP contribution in [0.4, 0.5) is 4.79 Å². The van der Waals surface area contributed by atoms with Crippen molar-refractivity contribution in [2.24, 2.45) is 5.92 Å². The Kier molecular flexibility index (Phi) is 3.60. The summed E-state index contributed by atoms with van der Waals surface area (Å²) in [5.41, 5.74) is -0.466. The fraction of sp³-hybridized carbons (Fsp3) is 0.909. The molecular weight excluding hydrogens is 194 g/mol. The van der Waals surface area contributed by atoms with Gasteiger partial charge >= 0.3 is 6.09 Å². The van der Waals surface area contributed by atoms with E-state index < -0.39 is 11.7 Å². The van der Waals surface area contributed by atoms with Gasteiger partial charge in [0, 0.05) is 12.5 Å². The third-order valence-corrected chi connectivity index (χ3v) is 2.58. The van der Waals surface area contributed by atoms with Gasteiger partial charge in [-0.15, -0.1) is 0 Å². The van der Waals surface area contributed by atoms with E-state index in [0.717, 1.165) is 6.42 Å². The van der Waals surface area contributed by atoms with Crippen molar-refractivity contribution in [3.8, 4) is 0 Å². The van der Waals surface area contributed by atoms with Crippen LogP contribution in [0.3, 0.4) is 0 Å². The molecule has 15 heavy (non-hydrogen) atoms. The van der Waals surface area contributed by atoms with Crippen LogP contribution < -0.4 is 0 Å². The molecule has 1 aliphatic rings. The fourth-order valence-electron chi connectivity index (χ4n) is 1.73. The molecule has 0 aromatic rings. The van der Waals surface area contributed by atoms with Gasteiger partial charge in [0.2, 0.25) is 0 Å². The highest BCUT2D eigenvalue weighted by Gasteiger charge is 2.34. The van der Waals surface area contributed by atoms with Crippen molar-refractivity contribution in [3.63, 3.8) is 0 Å². The smallest absolute Gasteiger partial charge is 0.410 e. The molecule has 4 nitrogen and oxygen atoms in total. The van der Waals surface area contributed by atoms with Crippen molar-refractivity contribution in [2.75, 3.05) is 13.1 Å². The van der Waals surface area contributed by atoms with Crippen LogP contribution >= 0.6 is 0 Å². The number of β-amino-alcohol motifs (C(OH)–C–C–N with tert-alkyl or cyclic N) is 1. The zero-order valence-corrected chi connectivity index (χ0v) is 9.99. The van der Waals surface area contributed by atoms with Gasteiger partial charge in [0.05, 0.1) is 12.6 Å². The number of ether oxygens (including phenoxy) is 1. The maximum absolute atomic E-state index is 11.7. The molecular formula is C11H21NO3. The lowest BCUT2D eigenvalue weighted by atomic mass is 10.0. The maximum atomic E-state index is 11.7. The second-order valence-corrected chi connectivity index (χ2v) is 5.12. The number of hydrogen-bond donors (Lipinski definition) is 1. The lowest BCUT2D eigenvalue weighted by molar-refractivity contribution is 0.0270. The van der Waals surface area contributed by atoms with Gasteiger partial charge in [-0.2, -0.15) is 0 Å². The number of carbonyl (C=O) groups excluding carboxylic acids is 1. The number of likely N-dealkylation sites (tertiary alicyclic amines) is 1. The number of nitrogens with zero attached hydrogens (tertiary/aromatic N) is 1. The minimum atomic E-state index is -0.466. The number of rotatable bonds is 1. The van der Waals surface area contributed by atoms with Gasteiger partial charge in [-0.05, 0) is 27.2 Å². The van der Waals surface area contributed by atoms with Crippen LogP contribution in [0.5, 0.6) is 0 Å². The zero-order valence-electron chi connectivity index (χ0n) is 9.99. The average Bonchev–Trinajstić information content (AvgIpc) is 2.43. The molecule has 0 saturated carbocycles. The van der Waals surface area contributed by atoms with E-state index in [9.17, 15) is 9.90 Å². The summed E-state index contributed by atoms with van der Waals surface area (Å²) in [5, 5.41) is 9.66. The van der Waals surface area contributed by atoms with E-state index in [1.165, 1.54) is 0 Å². The lowest BCUT2D eigenvalue weighted by Crippen LogP contribution is -2.35. The van der Waals surface area contributed by atoms with Crippen molar-refractivity contribution < 1.29 is 14.6 Å². The summed E-state index contributed by atoms with van der Waals surface area (Å²) in [5.74, 6) is 0.192. The van der Waals surface area contributed by atoms with Crippen LogP contribution in [-0.2, 0) is 4.74 Å². The van der Waals surface area contributed by atoms with Crippen LogP contribution in [0.2, 0.25) is 0 Å². The SMILES string of the molecule is CC[C@H]1CN(C(=O)OC(C)(C)C)C[C@H]1O. The third-order valence-electron chi connectivity index (χ3n) is 2.58. The van der Waals surface area contributed by atoms with Gasteiger partial charge in [-0.3, -0.25) is 0 Å². The largest absolute Gasteiger partial charge is 0.444 e. The summed E-state index contributed by atoms with van der Waals surface area (Å²) in [4.78, 5) is 13.2. The van der Waals surface area contributed by atoms with E-state index in [1.807, 2.05) is 27.7 Å². The predicted molar refractivity (Wildman–Crippen MR) is 57.6 cm³/mol. The van der Waals surface area contributed by atoms with Gasteiger partial charge < -0.3 is 14.7 Å². The van der Waals surface area contributed by atoms with Crippen molar-refractivity contribution in [3.05, 3.63) is 0 Å². The molecule has 0 bridgehead atoms. The number of aliphatic hydroxyl groups is 1. The Hall–Kier alpha value is -0.770. The fourth-order valence-corrected chi connectivity index (χ4v) is 1.73. The maximum Gasteiger partial charge on any atom is 0.410 e. The minimum absolute atomic E-state index is 0.192. The first-order valence-electron chi connectivity index (χ1n) is 5.49. The van der Waals surface area contributed by atoms with Crippen molar-refractivity contribution >= 4 is 6.09 Å². The van der Waals surface area contributed by atoms with E-state index in [1.54, 1.807) is 4.90 Å². The highest BCUT2D eigenvalue weighted by molar-refractivity contribution is 5.68. The molecule has 0 unspecified atom stereocenters. The summed E-state index contributed by atoms with van der Waals surface area (Å²) >= 11 is 0. The quantitative estimate of drug-likeness (QED) is 0.723. The molecule has 0 aromatic carbocycles. The van der Waals surface area contributed by atoms with Gasteiger partial charge in [0.25, 0.3) is 0 Å². The summed E-state index contributed by atoms with van der Waals surface area (Å²) in [6.45, 7) is 8.55. The Morgan fingerprint density at radius 1 is 1.47 bits per heavy atom. The van der Waals surface area contributed by atoms with Crippen molar-refractivity contribution in [1.29, 1.82) is 0 Å². The lowest BCUT2D eigenvalue weighted by Gasteiger charge is -2.24. The summed E-state index contributed by atoms with van der Waals surface area (Å²) in [6.07, 6.45) is 0.167. The highest BCUT2D eigenvalue weighted by atomic mass is 16.6. The molecule has 0 aromatic heterocycles. The molecule has 1 N–H and O–H groups in total. The second kappa shape index (κ2) is 4.39. The van der Waals surface area contributed by atoms with Gasteiger partial charge in [-0.25, -0.2) is 4.79 Å². The highest BCUT2D eigenvalue weighted by Crippen LogP contribution is 2.21. The second-order valence-electron chi connectivity index (χ2n) is 5.12. The first kappa shape index (κ1) is 12.3. The molecule has 1 amide bonds. The molecule has 1 aliphatic heterocycles. The van der Waals surface area contributed by atoms with E-state index in [2.05, 4.69) is 0 Å². The van der Waals surface area contributed by atoms with Gasteiger partial charge in [-0.1, -0.05) is 6.92 Å². The zero-order chi connectivity index (χ0) is 11.6. The Labute approximate surface area is 91.2 Å². The third kappa shape index (κ3) is 3.38. The molecule has 0 spiro atoms. The normalized spacial score (nSPS) is 26.9. The summed E-state index contributed by atoms with van der Waals surface area (Å²) < 4.78 is 5.24. The molecule has 1 heterocycles. The predicted octanol–water partition coefficient (Wildman–Crippen LogP) is 1.62. The van der Waals surface area contributed by atoms with Crippen LogP contribution in [-0.4, -0.2) is 40.9 Å². The molecule has 1 rings (SSSR count). The molecule has 2 atom stereocenters. The Morgan fingerprint density at radius 3 is 2.47 bits per heavy atom. The standard InChI is InChI=1S/C11H21NO3/c1-5-8-6-12(7-9(8)13)10(14)15-11(2,3)4/h8-9,13H,5-7H2,1-4H3/t8-,9+/m0/s1. The average molecular weight is 215 g/mol. The van der Waals surface area contributed by atoms with Crippen LogP contribution in [0.25, 0.3) is 0 Å². The van der Waals surface area contributed by atoms with Crippen molar-refractivity contribution in [1.82, 2.24) is 4.90 Å². The molecule has 0 radical (unpaired) electrons. The molecule has 88 valence electrons. The first-order valence-corrected chi connectivity index (χ1v) is 5.49. The van der Waals surface area contributed by atoms with Crippen molar-refractivity contribution in [2.45, 2.75) is 45.8 Å². The Morgan fingerprint density at radius 2 is 2.07 bits per heavy atom.